The van der Waals surface area contributed by atoms with E-state index in [2.05, 4.69) is 15.5 Å². The van der Waals surface area contributed by atoms with E-state index in [0.717, 1.165) is 4.31 Å². The number of sulfonamides is 1. The summed E-state index contributed by atoms with van der Waals surface area (Å²) in [6, 6.07) is 10.2. The van der Waals surface area contributed by atoms with E-state index in [1.54, 1.807) is 51.5 Å². The lowest BCUT2D eigenvalue weighted by atomic mass is 10.2. The van der Waals surface area contributed by atoms with Crippen LogP contribution >= 0.6 is 0 Å². The van der Waals surface area contributed by atoms with E-state index in [1.807, 2.05) is 0 Å². The number of anilines is 1. The van der Waals surface area contributed by atoms with E-state index < -0.39 is 10.0 Å². The van der Waals surface area contributed by atoms with Crippen LogP contribution in [0.25, 0.3) is 11.4 Å². The summed E-state index contributed by atoms with van der Waals surface area (Å²) in [4.78, 5) is 4.46. The maximum absolute atomic E-state index is 12.7. The van der Waals surface area contributed by atoms with Crippen LogP contribution in [0.15, 0.2) is 45.8 Å². The van der Waals surface area contributed by atoms with Gasteiger partial charge in [-0.2, -0.15) is 4.98 Å². The normalized spacial score (nSPS) is 11.4. The van der Waals surface area contributed by atoms with Crippen LogP contribution in [0.2, 0.25) is 0 Å². The minimum Gasteiger partial charge on any atom is -0.493 e. The SMILES string of the molecule is CCOc1ccc(NCc2nc(-c3ccc(OC)c(OC)c3)no2)cc1S(=O)(=O)N(C)C. The van der Waals surface area contributed by atoms with Gasteiger partial charge in [0, 0.05) is 25.3 Å². The number of nitrogens with one attached hydrogen (secondary N) is 1. The van der Waals surface area contributed by atoms with Crippen LogP contribution in [0.4, 0.5) is 5.69 Å². The number of benzene rings is 2. The molecule has 0 bridgehead atoms. The van der Waals surface area contributed by atoms with Crippen molar-refractivity contribution >= 4 is 15.7 Å². The predicted octanol–water partition coefficient (Wildman–Crippen LogP) is 3.01. The van der Waals surface area contributed by atoms with Gasteiger partial charge in [0.1, 0.15) is 10.6 Å². The number of rotatable bonds is 10. The summed E-state index contributed by atoms with van der Waals surface area (Å²) in [5.74, 6) is 2.17. The van der Waals surface area contributed by atoms with Gasteiger partial charge in [0.25, 0.3) is 0 Å². The summed E-state index contributed by atoms with van der Waals surface area (Å²) in [7, 11) is 2.37. The first kappa shape index (κ1) is 23.4. The molecule has 32 heavy (non-hydrogen) atoms. The van der Waals surface area contributed by atoms with Crippen molar-refractivity contribution in [3.63, 3.8) is 0 Å². The quantitative estimate of drug-likeness (QED) is 0.485. The van der Waals surface area contributed by atoms with Gasteiger partial charge in [0.05, 0.1) is 27.4 Å². The lowest BCUT2D eigenvalue weighted by Gasteiger charge is -2.16. The van der Waals surface area contributed by atoms with Gasteiger partial charge in [0.15, 0.2) is 11.5 Å². The standard InChI is InChI=1S/C21H26N4O6S/c1-6-30-17-10-8-15(12-19(17)32(26,27)25(2)3)22-13-20-23-21(24-31-20)14-7-9-16(28-4)18(11-14)29-5/h7-12,22H,6,13H2,1-5H3. The van der Waals surface area contributed by atoms with Gasteiger partial charge >= 0.3 is 0 Å². The number of ether oxygens (including phenoxy) is 3. The van der Waals surface area contributed by atoms with Crippen LogP contribution in [0.1, 0.15) is 12.8 Å². The fourth-order valence-electron chi connectivity index (χ4n) is 2.89. The van der Waals surface area contributed by atoms with Gasteiger partial charge in [-0.05, 0) is 43.3 Å². The lowest BCUT2D eigenvalue weighted by Crippen LogP contribution is -2.23. The molecular formula is C21H26N4O6S. The molecular weight excluding hydrogens is 436 g/mol. The second kappa shape index (κ2) is 9.88. The molecule has 0 saturated carbocycles. The highest BCUT2D eigenvalue weighted by Crippen LogP contribution is 2.32. The fraction of sp³-hybridized carbons (Fsp3) is 0.333. The first-order valence-electron chi connectivity index (χ1n) is 9.78. The molecule has 10 nitrogen and oxygen atoms in total. The Labute approximate surface area is 187 Å². The Balaban J connectivity index is 1.79. The van der Waals surface area contributed by atoms with Crippen LogP contribution in [-0.2, 0) is 16.6 Å². The topological polar surface area (TPSA) is 116 Å². The van der Waals surface area contributed by atoms with E-state index in [9.17, 15) is 8.42 Å². The number of methoxy groups -OCH3 is 2. The summed E-state index contributed by atoms with van der Waals surface area (Å²) >= 11 is 0. The monoisotopic (exact) mass is 462 g/mol. The van der Waals surface area contributed by atoms with Gasteiger partial charge < -0.3 is 24.1 Å². The molecule has 0 saturated heterocycles. The Bertz CT molecular complexity index is 1180. The molecule has 11 heteroatoms. The molecule has 0 fully saturated rings. The zero-order valence-corrected chi connectivity index (χ0v) is 19.4. The number of hydrogen-bond acceptors (Lipinski definition) is 9. The Hall–Kier alpha value is -3.31. The van der Waals surface area contributed by atoms with Crippen molar-refractivity contribution in [3.8, 4) is 28.6 Å². The molecule has 1 heterocycles. The van der Waals surface area contributed by atoms with Crippen molar-refractivity contribution in [2.45, 2.75) is 18.4 Å². The highest BCUT2D eigenvalue weighted by molar-refractivity contribution is 7.89. The molecule has 0 aliphatic carbocycles. The predicted molar refractivity (Wildman–Crippen MR) is 119 cm³/mol. The van der Waals surface area contributed by atoms with E-state index in [0.29, 0.717) is 46.8 Å². The van der Waals surface area contributed by atoms with Gasteiger partial charge in [-0.15, -0.1) is 0 Å². The Morgan fingerprint density at radius 1 is 1.03 bits per heavy atom. The molecule has 0 radical (unpaired) electrons. The molecule has 2 aromatic carbocycles. The Morgan fingerprint density at radius 2 is 1.75 bits per heavy atom. The van der Waals surface area contributed by atoms with Crippen molar-refractivity contribution in [2.75, 3.05) is 40.2 Å². The van der Waals surface area contributed by atoms with Gasteiger partial charge in [0.2, 0.25) is 21.7 Å². The summed E-state index contributed by atoms with van der Waals surface area (Å²) in [6.45, 7) is 2.35. The molecule has 172 valence electrons. The van der Waals surface area contributed by atoms with Crippen molar-refractivity contribution in [1.29, 1.82) is 0 Å². The molecule has 0 spiro atoms. The van der Waals surface area contributed by atoms with Crippen molar-refractivity contribution < 1.29 is 27.2 Å². The minimum atomic E-state index is -3.68. The van der Waals surface area contributed by atoms with E-state index >= 15 is 0 Å². The largest absolute Gasteiger partial charge is 0.493 e. The first-order chi connectivity index (χ1) is 15.3. The molecule has 1 aromatic heterocycles. The van der Waals surface area contributed by atoms with Crippen molar-refractivity contribution in [2.24, 2.45) is 0 Å². The summed E-state index contributed by atoms with van der Waals surface area (Å²) in [5.41, 5.74) is 1.28. The van der Waals surface area contributed by atoms with E-state index in [4.69, 9.17) is 18.7 Å². The van der Waals surface area contributed by atoms with Crippen LogP contribution in [0.5, 0.6) is 17.2 Å². The Morgan fingerprint density at radius 3 is 2.41 bits per heavy atom. The van der Waals surface area contributed by atoms with Gasteiger partial charge in [-0.25, -0.2) is 12.7 Å². The molecule has 0 aliphatic heterocycles. The van der Waals surface area contributed by atoms with Crippen molar-refractivity contribution in [3.05, 3.63) is 42.3 Å². The maximum Gasteiger partial charge on any atom is 0.246 e. The van der Waals surface area contributed by atoms with Crippen molar-refractivity contribution in [1.82, 2.24) is 14.4 Å². The maximum atomic E-state index is 12.7. The molecule has 3 aromatic rings. The van der Waals surface area contributed by atoms with E-state index in [-0.39, 0.29) is 11.4 Å². The van der Waals surface area contributed by atoms with Gasteiger partial charge in [-0.3, -0.25) is 0 Å². The minimum absolute atomic E-state index is 0.0749. The third kappa shape index (κ3) is 4.94. The smallest absolute Gasteiger partial charge is 0.246 e. The van der Waals surface area contributed by atoms with Crippen LogP contribution in [0, 0.1) is 0 Å². The lowest BCUT2D eigenvalue weighted by molar-refractivity contribution is 0.330. The molecule has 0 atom stereocenters. The van der Waals surface area contributed by atoms with Gasteiger partial charge in [-0.1, -0.05) is 5.16 Å². The highest BCUT2D eigenvalue weighted by Gasteiger charge is 2.23. The highest BCUT2D eigenvalue weighted by atomic mass is 32.2. The average Bonchev–Trinajstić information content (AvgIpc) is 3.27. The third-order valence-electron chi connectivity index (χ3n) is 4.56. The van der Waals surface area contributed by atoms with Crippen LogP contribution in [-0.4, -0.2) is 57.8 Å². The zero-order chi connectivity index (χ0) is 23.3. The molecule has 0 aliphatic rings. The molecule has 0 amide bonds. The fourth-order valence-corrected chi connectivity index (χ4v) is 3.94. The molecule has 3 rings (SSSR count). The summed E-state index contributed by atoms with van der Waals surface area (Å²) in [5, 5.41) is 7.11. The third-order valence-corrected chi connectivity index (χ3v) is 6.39. The Kier molecular flexibility index (Phi) is 7.21. The van der Waals surface area contributed by atoms with Crippen LogP contribution < -0.4 is 19.5 Å². The number of aromatic nitrogens is 2. The second-order valence-electron chi connectivity index (χ2n) is 6.82. The second-order valence-corrected chi connectivity index (χ2v) is 8.94. The molecule has 1 N–H and O–H groups in total. The van der Waals surface area contributed by atoms with Crippen LogP contribution in [0.3, 0.4) is 0 Å². The number of nitrogens with zero attached hydrogens (tertiary/aromatic N) is 3. The number of hydrogen-bond donors (Lipinski definition) is 1. The summed E-state index contributed by atoms with van der Waals surface area (Å²) < 4.78 is 47.8. The average molecular weight is 463 g/mol. The first-order valence-corrected chi connectivity index (χ1v) is 11.2. The molecule has 0 unspecified atom stereocenters. The summed E-state index contributed by atoms with van der Waals surface area (Å²) in [6.07, 6.45) is 0. The zero-order valence-electron chi connectivity index (χ0n) is 18.6. The van der Waals surface area contributed by atoms with E-state index in [1.165, 1.54) is 20.2 Å².